The van der Waals surface area contributed by atoms with Crippen molar-refractivity contribution < 1.29 is 14.3 Å². The maximum Gasteiger partial charge on any atom is 0.260 e. The van der Waals surface area contributed by atoms with Crippen LogP contribution in [0.3, 0.4) is 0 Å². The highest BCUT2D eigenvalue weighted by molar-refractivity contribution is 5.84. The Balaban J connectivity index is 1.42. The molecule has 6 nitrogen and oxygen atoms in total. The van der Waals surface area contributed by atoms with E-state index in [-0.39, 0.29) is 29.8 Å². The molecule has 0 aliphatic carbocycles. The van der Waals surface area contributed by atoms with Crippen LogP contribution >= 0.6 is 0 Å². The van der Waals surface area contributed by atoms with E-state index in [0.29, 0.717) is 38.2 Å². The third-order valence-electron chi connectivity index (χ3n) is 5.79. The fraction of sp³-hybridized carbons (Fsp3) is 0.520. The van der Waals surface area contributed by atoms with Crippen LogP contribution in [0, 0.1) is 11.3 Å². The molecule has 1 fully saturated rings. The first-order valence-electron chi connectivity index (χ1n) is 11.1. The van der Waals surface area contributed by atoms with Crippen molar-refractivity contribution in [1.29, 1.82) is 0 Å². The molecule has 168 valence electrons. The summed E-state index contributed by atoms with van der Waals surface area (Å²) in [7, 11) is 4.08. The van der Waals surface area contributed by atoms with Crippen LogP contribution in [-0.4, -0.2) is 68.5 Å². The standard InChI is InChI=1S/C25H35N3O3/c1-25(2,18-27(3)4)17-26-24(30)20-11-13-28(14-12-20)23(29)16-31-22-10-9-19-7-5-6-8-21(19)15-22/h5-10,15,20H,11-14,16-18H2,1-4H3,(H,26,30). The highest BCUT2D eigenvalue weighted by Crippen LogP contribution is 2.22. The number of hydrogen-bond donors (Lipinski definition) is 1. The average Bonchev–Trinajstić information content (AvgIpc) is 2.75. The molecule has 1 saturated heterocycles. The maximum atomic E-state index is 12.6. The van der Waals surface area contributed by atoms with E-state index in [1.54, 1.807) is 4.90 Å². The number of amides is 2. The summed E-state index contributed by atoms with van der Waals surface area (Å²) in [6.45, 7) is 7.10. The molecule has 0 aromatic heterocycles. The SMILES string of the molecule is CN(C)CC(C)(C)CNC(=O)C1CCN(C(=O)COc2ccc3ccccc3c2)CC1. The second-order valence-electron chi connectivity index (χ2n) is 9.57. The lowest BCUT2D eigenvalue weighted by Gasteiger charge is -2.33. The first-order chi connectivity index (χ1) is 14.7. The van der Waals surface area contributed by atoms with Gasteiger partial charge in [0.1, 0.15) is 5.75 Å². The van der Waals surface area contributed by atoms with Gasteiger partial charge in [0.25, 0.3) is 5.91 Å². The number of hydrogen-bond acceptors (Lipinski definition) is 4. The second-order valence-corrected chi connectivity index (χ2v) is 9.57. The molecule has 0 radical (unpaired) electrons. The largest absolute Gasteiger partial charge is 0.484 e. The molecule has 31 heavy (non-hydrogen) atoms. The van der Waals surface area contributed by atoms with Gasteiger partial charge in [-0.05, 0) is 55.3 Å². The van der Waals surface area contributed by atoms with Gasteiger partial charge in [-0.3, -0.25) is 9.59 Å². The number of rotatable bonds is 8. The van der Waals surface area contributed by atoms with Gasteiger partial charge in [0, 0.05) is 32.1 Å². The van der Waals surface area contributed by atoms with Crippen molar-refractivity contribution in [1.82, 2.24) is 15.1 Å². The highest BCUT2D eigenvalue weighted by Gasteiger charge is 2.28. The number of piperidine rings is 1. The Hall–Kier alpha value is -2.60. The molecule has 2 aromatic carbocycles. The summed E-state index contributed by atoms with van der Waals surface area (Å²) in [6.07, 6.45) is 1.39. The molecular formula is C25H35N3O3. The van der Waals surface area contributed by atoms with Crippen molar-refractivity contribution in [2.75, 3.05) is 46.9 Å². The lowest BCUT2D eigenvalue weighted by molar-refractivity contribution is -0.137. The fourth-order valence-corrected chi connectivity index (χ4v) is 4.27. The zero-order chi connectivity index (χ0) is 22.4. The second kappa shape index (κ2) is 10.1. The number of likely N-dealkylation sites (tertiary alicyclic amines) is 1. The van der Waals surface area contributed by atoms with Gasteiger partial charge in [-0.15, -0.1) is 0 Å². The predicted molar refractivity (Wildman–Crippen MR) is 124 cm³/mol. The van der Waals surface area contributed by atoms with E-state index < -0.39 is 0 Å². The third-order valence-corrected chi connectivity index (χ3v) is 5.79. The number of fused-ring (bicyclic) bond motifs is 1. The quantitative estimate of drug-likeness (QED) is 0.706. The minimum Gasteiger partial charge on any atom is -0.484 e. The van der Waals surface area contributed by atoms with Crippen molar-refractivity contribution in [3.8, 4) is 5.75 Å². The van der Waals surface area contributed by atoms with Crippen LogP contribution < -0.4 is 10.1 Å². The van der Waals surface area contributed by atoms with E-state index in [4.69, 9.17) is 4.74 Å². The molecule has 1 aliphatic heterocycles. The van der Waals surface area contributed by atoms with Crippen LogP contribution in [-0.2, 0) is 9.59 Å². The smallest absolute Gasteiger partial charge is 0.260 e. The van der Waals surface area contributed by atoms with Gasteiger partial charge in [0.2, 0.25) is 5.91 Å². The van der Waals surface area contributed by atoms with Crippen LogP contribution in [0.2, 0.25) is 0 Å². The minimum absolute atomic E-state index is 0.0218. The van der Waals surface area contributed by atoms with Crippen LogP contribution in [0.5, 0.6) is 5.75 Å². The lowest BCUT2D eigenvalue weighted by atomic mass is 9.91. The van der Waals surface area contributed by atoms with Gasteiger partial charge < -0.3 is 19.9 Å². The zero-order valence-corrected chi connectivity index (χ0v) is 19.2. The monoisotopic (exact) mass is 425 g/mol. The number of nitrogens with one attached hydrogen (secondary N) is 1. The molecule has 6 heteroatoms. The minimum atomic E-state index is -0.0286. The Bertz CT molecular complexity index is 902. The summed E-state index contributed by atoms with van der Waals surface area (Å²) in [6, 6.07) is 13.9. The van der Waals surface area contributed by atoms with Gasteiger partial charge in [0.15, 0.2) is 6.61 Å². The lowest BCUT2D eigenvalue weighted by Crippen LogP contribution is -2.46. The van der Waals surface area contributed by atoms with Crippen LogP contribution in [0.4, 0.5) is 0 Å². The molecule has 2 amide bonds. The molecule has 0 spiro atoms. The van der Waals surface area contributed by atoms with E-state index in [0.717, 1.165) is 17.3 Å². The van der Waals surface area contributed by atoms with E-state index in [1.807, 2.05) is 56.6 Å². The van der Waals surface area contributed by atoms with Crippen LogP contribution in [0.15, 0.2) is 42.5 Å². The summed E-state index contributed by atoms with van der Waals surface area (Å²) in [5.74, 6) is 0.743. The topological polar surface area (TPSA) is 61.9 Å². The first-order valence-corrected chi connectivity index (χ1v) is 11.1. The van der Waals surface area contributed by atoms with E-state index in [1.165, 1.54) is 0 Å². The van der Waals surface area contributed by atoms with E-state index in [9.17, 15) is 9.59 Å². The normalized spacial score (nSPS) is 15.3. The predicted octanol–water partition coefficient (Wildman–Crippen LogP) is 3.16. The van der Waals surface area contributed by atoms with Gasteiger partial charge in [-0.2, -0.15) is 0 Å². The fourth-order valence-electron chi connectivity index (χ4n) is 4.27. The molecule has 2 aromatic rings. The summed E-state index contributed by atoms with van der Waals surface area (Å²) in [5, 5.41) is 5.35. The summed E-state index contributed by atoms with van der Waals surface area (Å²) >= 11 is 0. The molecule has 3 rings (SSSR count). The molecule has 1 N–H and O–H groups in total. The van der Waals surface area contributed by atoms with Gasteiger partial charge in [-0.25, -0.2) is 0 Å². The molecule has 1 heterocycles. The number of nitrogens with zero attached hydrogens (tertiary/aromatic N) is 2. The molecule has 0 bridgehead atoms. The molecular weight excluding hydrogens is 390 g/mol. The van der Waals surface area contributed by atoms with Crippen molar-refractivity contribution in [3.63, 3.8) is 0 Å². The molecule has 0 atom stereocenters. The zero-order valence-electron chi connectivity index (χ0n) is 19.2. The molecule has 0 unspecified atom stereocenters. The number of carbonyl (C=O) groups excluding carboxylic acids is 2. The van der Waals surface area contributed by atoms with E-state index >= 15 is 0 Å². The van der Waals surface area contributed by atoms with Gasteiger partial charge in [0.05, 0.1) is 0 Å². The summed E-state index contributed by atoms with van der Waals surface area (Å²) in [5.41, 5.74) is 0.0237. The summed E-state index contributed by atoms with van der Waals surface area (Å²) in [4.78, 5) is 29.1. The molecule has 0 saturated carbocycles. The van der Waals surface area contributed by atoms with Crippen molar-refractivity contribution >= 4 is 22.6 Å². The Morgan fingerprint density at radius 3 is 2.45 bits per heavy atom. The Morgan fingerprint density at radius 1 is 1.10 bits per heavy atom. The Morgan fingerprint density at radius 2 is 1.77 bits per heavy atom. The maximum absolute atomic E-state index is 12.6. The van der Waals surface area contributed by atoms with Crippen LogP contribution in [0.1, 0.15) is 26.7 Å². The summed E-state index contributed by atoms with van der Waals surface area (Å²) < 4.78 is 5.74. The molecule has 1 aliphatic rings. The van der Waals surface area contributed by atoms with Crippen molar-refractivity contribution in [2.24, 2.45) is 11.3 Å². The van der Waals surface area contributed by atoms with Crippen molar-refractivity contribution in [3.05, 3.63) is 42.5 Å². The number of ether oxygens (including phenoxy) is 1. The van der Waals surface area contributed by atoms with Gasteiger partial charge >= 0.3 is 0 Å². The highest BCUT2D eigenvalue weighted by atomic mass is 16.5. The average molecular weight is 426 g/mol. The third kappa shape index (κ3) is 6.69. The number of benzene rings is 2. The van der Waals surface area contributed by atoms with Gasteiger partial charge in [-0.1, -0.05) is 44.2 Å². The van der Waals surface area contributed by atoms with E-state index in [2.05, 4.69) is 24.1 Å². The van der Waals surface area contributed by atoms with Crippen LogP contribution in [0.25, 0.3) is 10.8 Å². The Kier molecular flexibility index (Phi) is 7.55. The first kappa shape index (κ1) is 23.1. The Labute approximate surface area is 185 Å². The van der Waals surface area contributed by atoms with Crippen molar-refractivity contribution in [2.45, 2.75) is 26.7 Å². The number of carbonyl (C=O) groups is 2.